The van der Waals surface area contributed by atoms with Crippen molar-refractivity contribution in [3.8, 4) is 0 Å². The molecule has 27 heavy (non-hydrogen) atoms. The molecular weight excluding hydrogens is 386 g/mol. The minimum absolute atomic E-state index is 0.0129. The molecule has 9 heteroatoms. The molecule has 4 heterocycles. The summed E-state index contributed by atoms with van der Waals surface area (Å²) in [5.74, 6) is 0.356. The van der Waals surface area contributed by atoms with E-state index in [4.69, 9.17) is 4.74 Å². The number of thiazole rings is 1. The molecule has 2 aromatic heterocycles. The lowest BCUT2D eigenvalue weighted by atomic mass is 10.0. The third-order valence-electron chi connectivity index (χ3n) is 5.56. The van der Waals surface area contributed by atoms with Crippen molar-refractivity contribution in [3.63, 3.8) is 0 Å². The smallest absolute Gasteiger partial charge is 0.343 e. The molecule has 0 unspecified atom stereocenters. The Morgan fingerprint density at radius 3 is 3.00 bits per heavy atom. The summed E-state index contributed by atoms with van der Waals surface area (Å²) in [5.41, 5.74) is 1.43. The number of aryl methyl sites for hydroxylation is 2. The summed E-state index contributed by atoms with van der Waals surface area (Å²) in [4.78, 5) is 44.5. The van der Waals surface area contributed by atoms with Crippen LogP contribution in [0.3, 0.4) is 0 Å². The summed E-state index contributed by atoms with van der Waals surface area (Å²) in [6, 6.07) is 1.46. The van der Waals surface area contributed by atoms with Crippen molar-refractivity contribution >= 4 is 39.9 Å². The van der Waals surface area contributed by atoms with Crippen molar-refractivity contribution in [2.24, 2.45) is 0 Å². The number of nitrogens with zero attached hydrogens (tertiary/aromatic N) is 3. The number of hydrogen-bond donors (Lipinski definition) is 0. The number of carbonyl (C=O) groups is 2. The molecule has 0 N–H and O–H groups in total. The van der Waals surface area contributed by atoms with Crippen LogP contribution in [-0.4, -0.2) is 43.3 Å². The normalized spacial score (nSPS) is 24.3. The molecule has 0 aromatic carbocycles. The van der Waals surface area contributed by atoms with Gasteiger partial charge in [0.1, 0.15) is 6.61 Å². The zero-order chi connectivity index (χ0) is 18.6. The minimum atomic E-state index is -0.877. The van der Waals surface area contributed by atoms with Gasteiger partial charge in [-0.2, -0.15) is 0 Å². The Kier molecular flexibility index (Phi) is 4.05. The Balaban J connectivity index is 1.38. The number of fused-ring (bicyclic) bond motifs is 4. The van der Waals surface area contributed by atoms with Gasteiger partial charge in [-0.1, -0.05) is 0 Å². The number of amides is 1. The highest BCUT2D eigenvalue weighted by Gasteiger charge is 2.55. The van der Waals surface area contributed by atoms with Gasteiger partial charge in [-0.05, 0) is 32.1 Å². The predicted molar refractivity (Wildman–Crippen MR) is 102 cm³/mol. The molecule has 3 aliphatic rings. The van der Waals surface area contributed by atoms with E-state index in [9.17, 15) is 14.4 Å². The Morgan fingerprint density at radius 1 is 1.26 bits per heavy atom. The molecule has 1 atom stereocenters. The van der Waals surface area contributed by atoms with E-state index >= 15 is 0 Å². The molecule has 5 rings (SSSR count). The molecule has 0 spiro atoms. The van der Waals surface area contributed by atoms with Gasteiger partial charge < -0.3 is 9.64 Å². The zero-order valence-corrected chi connectivity index (χ0v) is 16.4. The Labute approximate surface area is 163 Å². The molecule has 2 aliphatic heterocycles. The van der Waals surface area contributed by atoms with Crippen LogP contribution in [0.15, 0.2) is 10.9 Å². The van der Waals surface area contributed by atoms with E-state index in [1.165, 1.54) is 22.7 Å². The maximum atomic E-state index is 12.7. The van der Waals surface area contributed by atoms with E-state index in [-0.39, 0.29) is 18.1 Å². The molecule has 2 fully saturated rings. The number of carbonyl (C=O) groups excluding carboxylic acids is 2. The molecule has 1 amide bonds. The third kappa shape index (κ3) is 2.62. The maximum absolute atomic E-state index is 12.7. The first-order valence-electron chi connectivity index (χ1n) is 9.23. The van der Waals surface area contributed by atoms with Gasteiger partial charge in [0, 0.05) is 35.4 Å². The highest BCUT2D eigenvalue weighted by molar-refractivity contribution is 8.01. The van der Waals surface area contributed by atoms with E-state index in [0.717, 1.165) is 37.1 Å². The van der Waals surface area contributed by atoms with Crippen molar-refractivity contribution in [2.45, 2.75) is 50.0 Å². The minimum Gasteiger partial charge on any atom is -0.457 e. The number of thioether (sulfide) groups is 1. The molecule has 142 valence electrons. The zero-order valence-electron chi connectivity index (χ0n) is 14.7. The second-order valence-corrected chi connectivity index (χ2v) is 9.57. The Bertz CT molecular complexity index is 1010. The van der Waals surface area contributed by atoms with Crippen LogP contribution >= 0.6 is 23.1 Å². The van der Waals surface area contributed by atoms with Gasteiger partial charge in [0.25, 0.3) is 5.56 Å². The molecule has 2 aromatic rings. The SMILES string of the molecule is O=C1CC[C@]2(C(=O)OCc3cc(=O)n4c5c(sc4n3)CCCC5)SCCN12. The standard InChI is InChI=1S/C18H19N3O4S2/c22-14-5-6-18(20(14)7-8-26-18)16(24)25-10-11-9-15(23)21-12-3-1-2-4-13(12)27-17(21)19-11/h9H,1-8,10H2/t18-/m1/s1. The summed E-state index contributed by atoms with van der Waals surface area (Å²) >= 11 is 3.03. The van der Waals surface area contributed by atoms with Crippen molar-refractivity contribution in [1.82, 2.24) is 14.3 Å². The third-order valence-corrected chi connectivity index (χ3v) is 8.15. The lowest BCUT2D eigenvalue weighted by Crippen LogP contribution is -2.46. The Morgan fingerprint density at radius 2 is 2.11 bits per heavy atom. The quantitative estimate of drug-likeness (QED) is 0.724. The first kappa shape index (κ1) is 17.2. The fourth-order valence-corrected chi connectivity index (χ4v) is 6.86. The van der Waals surface area contributed by atoms with E-state index in [1.807, 2.05) is 0 Å². The highest BCUT2D eigenvalue weighted by atomic mass is 32.2. The number of rotatable bonds is 3. The van der Waals surface area contributed by atoms with Crippen LogP contribution in [0.4, 0.5) is 0 Å². The fraction of sp³-hybridized carbons (Fsp3) is 0.556. The predicted octanol–water partition coefficient (Wildman–Crippen LogP) is 1.74. The molecule has 0 radical (unpaired) electrons. The van der Waals surface area contributed by atoms with Gasteiger partial charge in [0.05, 0.1) is 5.69 Å². The molecule has 0 bridgehead atoms. The summed E-state index contributed by atoms with van der Waals surface area (Å²) in [7, 11) is 0. The molecule has 2 saturated heterocycles. The number of ether oxygens (including phenoxy) is 1. The van der Waals surface area contributed by atoms with Gasteiger partial charge in [0.2, 0.25) is 5.91 Å². The fourth-order valence-electron chi connectivity index (χ4n) is 4.25. The van der Waals surface area contributed by atoms with Crippen LogP contribution in [0, 0.1) is 0 Å². The Hall–Kier alpha value is -1.87. The average Bonchev–Trinajstić information content (AvgIpc) is 3.33. The highest BCUT2D eigenvalue weighted by Crippen LogP contribution is 2.45. The first-order valence-corrected chi connectivity index (χ1v) is 11.0. The van der Waals surface area contributed by atoms with Crippen molar-refractivity contribution in [2.75, 3.05) is 12.3 Å². The van der Waals surface area contributed by atoms with Gasteiger partial charge >= 0.3 is 5.97 Å². The first-order chi connectivity index (χ1) is 13.1. The summed E-state index contributed by atoms with van der Waals surface area (Å²) in [6.07, 6.45) is 5.02. The van der Waals surface area contributed by atoms with Gasteiger partial charge in [-0.25, -0.2) is 9.78 Å². The van der Waals surface area contributed by atoms with Crippen molar-refractivity contribution in [3.05, 3.63) is 32.7 Å². The van der Waals surface area contributed by atoms with Crippen LogP contribution in [0.25, 0.3) is 4.96 Å². The van der Waals surface area contributed by atoms with E-state index in [0.29, 0.717) is 30.0 Å². The summed E-state index contributed by atoms with van der Waals surface area (Å²) in [6.45, 7) is 0.544. The van der Waals surface area contributed by atoms with Gasteiger partial charge in [-0.3, -0.25) is 14.0 Å². The second-order valence-electron chi connectivity index (χ2n) is 7.14. The van der Waals surface area contributed by atoms with E-state index < -0.39 is 10.8 Å². The molecule has 1 aliphatic carbocycles. The maximum Gasteiger partial charge on any atom is 0.343 e. The van der Waals surface area contributed by atoms with Crippen LogP contribution in [0.1, 0.15) is 41.9 Å². The van der Waals surface area contributed by atoms with E-state index in [2.05, 4.69) is 4.98 Å². The van der Waals surface area contributed by atoms with Crippen LogP contribution in [-0.2, 0) is 33.8 Å². The largest absolute Gasteiger partial charge is 0.457 e. The van der Waals surface area contributed by atoms with Gasteiger partial charge in [0.15, 0.2) is 9.83 Å². The molecular formula is C18H19N3O4S2. The monoisotopic (exact) mass is 405 g/mol. The van der Waals surface area contributed by atoms with Crippen LogP contribution in [0.2, 0.25) is 0 Å². The van der Waals surface area contributed by atoms with Crippen LogP contribution < -0.4 is 5.56 Å². The number of aromatic nitrogens is 2. The number of hydrogen-bond acceptors (Lipinski definition) is 7. The van der Waals surface area contributed by atoms with Crippen molar-refractivity contribution in [1.29, 1.82) is 0 Å². The summed E-state index contributed by atoms with van der Waals surface area (Å²) in [5, 5.41) is 0. The van der Waals surface area contributed by atoms with Crippen molar-refractivity contribution < 1.29 is 14.3 Å². The average molecular weight is 406 g/mol. The van der Waals surface area contributed by atoms with E-state index in [1.54, 1.807) is 20.6 Å². The summed E-state index contributed by atoms with van der Waals surface area (Å²) < 4.78 is 7.21. The molecule has 7 nitrogen and oxygen atoms in total. The molecule has 0 saturated carbocycles. The van der Waals surface area contributed by atoms with Gasteiger partial charge in [-0.15, -0.1) is 23.1 Å². The topological polar surface area (TPSA) is 81.0 Å². The number of esters is 1. The van der Waals surface area contributed by atoms with Crippen LogP contribution in [0.5, 0.6) is 0 Å². The second kappa shape index (κ2) is 6.34. The lowest BCUT2D eigenvalue weighted by molar-refractivity contribution is -0.154. The lowest BCUT2D eigenvalue weighted by Gasteiger charge is -2.28.